The van der Waals surface area contributed by atoms with Crippen molar-refractivity contribution in [3.05, 3.63) is 82.8 Å². The average Bonchev–Trinajstić information content (AvgIpc) is 3.73. The molecule has 2 aromatic carbocycles. The summed E-state index contributed by atoms with van der Waals surface area (Å²) in [6.45, 7) is 3.85. The lowest BCUT2D eigenvalue weighted by molar-refractivity contribution is 0.0697. The van der Waals surface area contributed by atoms with Crippen LogP contribution >= 0.6 is 0 Å². The molecule has 1 fully saturated rings. The Bertz CT molecular complexity index is 1490. The van der Waals surface area contributed by atoms with E-state index in [4.69, 9.17) is 23.6 Å². The van der Waals surface area contributed by atoms with Crippen LogP contribution in [0.3, 0.4) is 0 Å². The molecule has 8 nitrogen and oxygen atoms in total. The number of ether oxygens (including phenoxy) is 3. The predicted molar refractivity (Wildman–Crippen MR) is 142 cm³/mol. The highest BCUT2D eigenvalue weighted by atomic mass is 16.7. The van der Waals surface area contributed by atoms with Gasteiger partial charge in [0.05, 0.1) is 31.5 Å². The summed E-state index contributed by atoms with van der Waals surface area (Å²) in [7, 11) is 0. The van der Waals surface area contributed by atoms with Crippen molar-refractivity contribution in [2.24, 2.45) is 0 Å². The van der Waals surface area contributed by atoms with Gasteiger partial charge in [-0.1, -0.05) is 6.07 Å². The first kappa shape index (κ1) is 23.1. The van der Waals surface area contributed by atoms with E-state index in [9.17, 15) is 4.79 Å². The number of morpholine rings is 1. The zero-order chi connectivity index (χ0) is 25.5. The smallest absolute Gasteiger partial charge is 0.290 e. The van der Waals surface area contributed by atoms with Crippen molar-refractivity contribution >= 4 is 22.6 Å². The van der Waals surface area contributed by atoms with Crippen molar-refractivity contribution < 1.29 is 23.4 Å². The summed E-state index contributed by atoms with van der Waals surface area (Å²) in [6, 6.07) is 16.0. The number of benzene rings is 2. The van der Waals surface area contributed by atoms with Crippen LogP contribution in [0.1, 0.15) is 39.2 Å². The van der Waals surface area contributed by atoms with Crippen LogP contribution < -0.4 is 14.4 Å². The van der Waals surface area contributed by atoms with Crippen molar-refractivity contribution in [2.45, 2.75) is 32.4 Å². The lowest BCUT2D eigenvalue weighted by atomic mass is 10.0. The quantitative estimate of drug-likeness (QED) is 0.371. The van der Waals surface area contributed by atoms with Crippen molar-refractivity contribution in [3.63, 3.8) is 0 Å². The minimum atomic E-state index is -0.172. The topological polar surface area (TPSA) is 77.3 Å². The lowest BCUT2D eigenvalue weighted by Gasteiger charge is -2.31. The molecule has 194 valence electrons. The van der Waals surface area contributed by atoms with E-state index < -0.39 is 0 Å². The molecule has 2 aromatic heterocycles. The van der Waals surface area contributed by atoms with Gasteiger partial charge in [-0.25, -0.2) is 4.98 Å². The molecule has 1 aliphatic carbocycles. The number of hydrogen-bond donors (Lipinski definition) is 0. The van der Waals surface area contributed by atoms with E-state index in [0.717, 1.165) is 59.5 Å². The van der Waals surface area contributed by atoms with Gasteiger partial charge in [0.1, 0.15) is 5.82 Å². The molecule has 4 heterocycles. The van der Waals surface area contributed by atoms with Crippen LogP contribution in [-0.2, 0) is 30.7 Å². The molecule has 8 heteroatoms. The van der Waals surface area contributed by atoms with Crippen LogP contribution in [0.2, 0.25) is 0 Å². The van der Waals surface area contributed by atoms with Crippen LogP contribution in [0, 0.1) is 0 Å². The second-order valence-electron chi connectivity index (χ2n) is 10.1. The summed E-state index contributed by atoms with van der Waals surface area (Å²) >= 11 is 0. The van der Waals surface area contributed by atoms with Gasteiger partial charge in [0.25, 0.3) is 5.91 Å². The fraction of sp³-hybridized carbons (Fsp3) is 0.333. The zero-order valence-electron chi connectivity index (χ0n) is 21.2. The number of hydrogen-bond acceptors (Lipinski definition) is 7. The summed E-state index contributed by atoms with van der Waals surface area (Å²) in [5.74, 6) is 2.48. The Labute approximate surface area is 220 Å². The Morgan fingerprint density at radius 1 is 0.947 bits per heavy atom. The summed E-state index contributed by atoms with van der Waals surface area (Å²) < 4.78 is 22.2. The predicted octanol–water partition coefficient (Wildman–Crippen LogP) is 4.72. The number of aromatic nitrogens is 1. The van der Waals surface area contributed by atoms with E-state index in [1.807, 2.05) is 23.1 Å². The molecule has 0 unspecified atom stereocenters. The highest BCUT2D eigenvalue weighted by Gasteiger charge is 2.25. The third-order valence-corrected chi connectivity index (χ3v) is 7.59. The highest BCUT2D eigenvalue weighted by molar-refractivity contribution is 5.91. The van der Waals surface area contributed by atoms with Crippen LogP contribution in [0.5, 0.6) is 11.5 Å². The number of rotatable bonds is 6. The third-order valence-electron chi connectivity index (χ3n) is 7.59. The highest BCUT2D eigenvalue weighted by Crippen LogP contribution is 2.34. The summed E-state index contributed by atoms with van der Waals surface area (Å²) in [5, 5.41) is 1.12. The van der Waals surface area contributed by atoms with Gasteiger partial charge in [-0.05, 0) is 78.4 Å². The molecule has 1 saturated heterocycles. The van der Waals surface area contributed by atoms with Gasteiger partial charge in [0.2, 0.25) is 6.79 Å². The Kier molecular flexibility index (Phi) is 5.89. The summed E-state index contributed by atoms with van der Waals surface area (Å²) in [6.07, 6.45) is 4.95. The van der Waals surface area contributed by atoms with Gasteiger partial charge in [0, 0.05) is 30.6 Å². The summed E-state index contributed by atoms with van der Waals surface area (Å²) in [5.41, 5.74) is 5.79. The van der Waals surface area contributed by atoms with E-state index >= 15 is 0 Å². The van der Waals surface area contributed by atoms with Gasteiger partial charge in [0.15, 0.2) is 17.3 Å². The van der Waals surface area contributed by atoms with E-state index in [-0.39, 0.29) is 12.7 Å². The fourth-order valence-corrected chi connectivity index (χ4v) is 5.67. The first-order valence-electron chi connectivity index (χ1n) is 13.2. The molecular weight excluding hydrogens is 482 g/mol. The number of furan rings is 1. The van der Waals surface area contributed by atoms with Crippen LogP contribution in [0.25, 0.3) is 10.9 Å². The second kappa shape index (κ2) is 9.68. The van der Waals surface area contributed by atoms with Crippen LogP contribution in [0.4, 0.5) is 5.82 Å². The molecule has 38 heavy (non-hydrogen) atoms. The lowest BCUT2D eigenvalue weighted by Crippen LogP contribution is -2.38. The minimum absolute atomic E-state index is 0.172. The molecule has 7 rings (SSSR count). The van der Waals surface area contributed by atoms with E-state index in [0.29, 0.717) is 37.8 Å². The molecule has 0 N–H and O–H groups in total. The first-order chi connectivity index (χ1) is 18.7. The van der Waals surface area contributed by atoms with Crippen molar-refractivity contribution in [3.8, 4) is 11.5 Å². The number of fused-ring (bicyclic) bond motifs is 3. The number of carbonyl (C=O) groups excluding carboxylic acids is 1. The first-order valence-corrected chi connectivity index (χ1v) is 13.2. The van der Waals surface area contributed by atoms with Gasteiger partial charge >= 0.3 is 0 Å². The van der Waals surface area contributed by atoms with Crippen LogP contribution in [-0.4, -0.2) is 48.9 Å². The zero-order valence-corrected chi connectivity index (χ0v) is 21.2. The number of anilines is 1. The second-order valence-corrected chi connectivity index (χ2v) is 10.1. The van der Waals surface area contributed by atoms with Gasteiger partial charge in [-0.2, -0.15) is 0 Å². The van der Waals surface area contributed by atoms with Gasteiger partial charge < -0.3 is 28.4 Å². The average molecular weight is 512 g/mol. The molecule has 0 spiro atoms. The Balaban J connectivity index is 1.29. The normalized spacial score (nSPS) is 16.2. The van der Waals surface area contributed by atoms with E-state index in [2.05, 4.69) is 23.1 Å². The van der Waals surface area contributed by atoms with E-state index in [1.54, 1.807) is 12.1 Å². The molecule has 1 amide bonds. The number of carbonyl (C=O) groups is 1. The molecule has 4 aromatic rings. The molecule has 2 aliphatic heterocycles. The molecule has 0 saturated carbocycles. The number of nitrogens with zero attached hydrogens (tertiary/aromatic N) is 3. The molecule has 3 aliphatic rings. The van der Waals surface area contributed by atoms with Crippen molar-refractivity contribution in [2.75, 3.05) is 38.0 Å². The van der Waals surface area contributed by atoms with Gasteiger partial charge in [-0.15, -0.1) is 0 Å². The Hall–Kier alpha value is -4.04. The van der Waals surface area contributed by atoms with E-state index in [1.165, 1.54) is 23.8 Å². The summed E-state index contributed by atoms with van der Waals surface area (Å²) in [4.78, 5) is 22.9. The monoisotopic (exact) mass is 511 g/mol. The van der Waals surface area contributed by atoms with Crippen molar-refractivity contribution in [1.82, 2.24) is 9.88 Å². The third kappa shape index (κ3) is 4.35. The maximum absolute atomic E-state index is 13.7. The van der Waals surface area contributed by atoms with Crippen LogP contribution in [0.15, 0.2) is 59.2 Å². The fourth-order valence-electron chi connectivity index (χ4n) is 5.67. The van der Waals surface area contributed by atoms with Crippen molar-refractivity contribution in [1.29, 1.82) is 0 Å². The molecular formula is C30H29N3O5. The Morgan fingerprint density at radius 2 is 1.79 bits per heavy atom. The maximum atomic E-state index is 13.7. The minimum Gasteiger partial charge on any atom is -0.459 e. The Morgan fingerprint density at radius 3 is 2.63 bits per heavy atom. The largest absolute Gasteiger partial charge is 0.459 e. The maximum Gasteiger partial charge on any atom is 0.290 e. The molecule has 0 atom stereocenters. The van der Waals surface area contributed by atoms with Gasteiger partial charge in [-0.3, -0.25) is 4.79 Å². The number of aryl methyl sites for hydroxylation is 2. The SMILES string of the molecule is O=C(c1ccco1)N(Cc1ccc2c(c1)OCO2)Cc1cc2cc3c(cc2nc1N1CCOCC1)CCC3. The molecule has 0 bridgehead atoms. The molecule has 0 radical (unpaired) electrons. The standard InChI is InChI=1S/C30H29N3O5/c34-30(27-5-2-10-36-27)33(17-20-6-7-26-28(13-20)38-19-37-26)18-24-15-23-14-21-3-1-4-22(21)16-25(23)31-29(24)32-8-11-35-12-9-32/h2,5-7,10,13-16H,1,3-4,8-9,11-12,17-19H2. The number of pyridine rings is 1. The number of amides is 1.